The zero-order valence-electron chi connectivity index (χ0n) is 20.2. The molecule has 9 heteroatoms. The first kappa shape index (κ1) is 28.1. The van der Waals surface area contributed by atoms with E-state index in [0.29, 0.717) is 47.8 Å². The van der Waals surface area contributed by atoms with E-state index in [-0.39, 0.29) is 25.4 Å². The fourth-order valence-electron chi connectivity index (χ4n) is 2.60. The topological polar surface area (TPSA) is 118 Å². The van der Waals surface area contributed by atoms with Crippen LogP contribution >= 0.6 is 0 Å². The number of carbonyl (C=O) groups excluding carboxylic acids is 3. The van der Waals surface area contributed by atoms with Crippen LogP contribution in [0.15, 0.2) is 72.8 Å². The average molecular weight is 499 g/mol. The molecule has 0 aliphatic rings. The van der Waals surface area contributed by atoms with E-state index in [4.69, 9.17) is 28.8 Å². The second kappa shape index (κ2) is 15.0. The van der Waals surface area contributed by atoms with Crippen molar-refractivity contribution in [3.05, 3.63) is 78.4 Å². The summed E-state index contributed by atoms with van der Waals surface area (Å²) in [5, 5.41) is 8.80. The molecule has 0 saturated carbocycles. The predicted molar refractivity (Wildman–Crippen MR) is 131 cm³/mol. The van der Waals surface area contributed by atoms with Crippen molar-refractivity contribution in [2.75, 3.05) is 33.0 Å². The van der Waals surface area contributed by atoms with Gasteiger partial charge < -0.3 is 28.8 Å². The van der Waals surface area contributed by atoms with Gasteiger partial charge in [-0.05, 0) is 68.3 Å². The molecule has 0 bridgehead atoms. The van der Waals surface area contributed by atoms with Gasteiger partial charge in [0, 0.05) is 5.57 Å². The molecule has 2 aromatic rings. The Morgan fingerprint density at radius 1 is 0.722 bits per heavy atom. The molecule has 0 spiro atoms. The van der Waals surface area contributed by atoms with Crippen molar-refractivity contribution in [1.29, 1.82) is 0 Å². The summed E-state index contributed by atoms with van der Waals surface area (Å²) in [7, 11) is 0. The molecule has 192 valence electrons. The number of carbonyl (C=O) groups is 3. The third-order valence-corrected chi connectivity index (χ3v) is 4.58. The fraction of sp³-hybridized carbons (Fsp3) is 0.296. The quantitative estimate of drug-likeness (QED) is 0.170. The first-order valence-corrected chi connectivity index (χ1v) is 11.3. The smallest absolute Gasteiger partial charge is 0.343 e. The Kier molecular flexibility index (Phi) is 11.7. The van der Waals surface area contributed by atoms with E-state index < -0.39 is 24.5 Å². The van der Waals surface area contributed by atoms with Gasteiger partial charge in [0.1, 0.15) is 30.5 Å². The van der Waals surface area contributed by atoms with Gasteiger partial charge >= 0.3 is 17.9 Å². The minimum Gasteiger partial charge on any atom is -0.494 e. The van der Waals surface area contributed by atoms with Crippen LogP contribution in [0.5, 0.6) is 17.2 Å². The Balaban J connectivity index is 1.68. The predicted octanol–water partition coefficient (Wildman–Crippen LogP) is 3.65. The summed E-state index contributed by atoms with van der Waals surface area (Å²) >= 11 is 0. The third kappa shape index (κ3) is 10.0. The summed E-state index contributed by atoms with van der Waals surface area (Å²) < 4.78 is 26.4. The number of ether oxygens (including phenoxy) is 5. The highest BCUT2D eigenvalue weighted by atomic mass is 16.6. The molecule has 0 saturated heterocycles. The van der Waals surface area contributed by atoms with Gasteiger partial charge in [-0.25, -0.2) is 14.4 Å². The van der Waals surface area contributed by atoms with Crippen molar-refractivity contribution in [3.63, 3.8) is 0 Å². The minimum atomic E-state index is -0.607. The van der Waals surface area contributed by atoms with E-state index >= 15 is 0 Å². The molecule has 0 heterocycles. The molecule has 1 N–H and O–H groups in total. The number of rotatable bonds is 15. The maximum Gasteiger partial charge on any atom is 0.343 e. The summed E-state index contributed by atoms with van der Waals surface area (Å²) in [5.74, 6) is -0.117. The van der Waals surface area contributed by atoms with Gasteiger partial charge in [0.05, 0.1) is 31.0 Å². The number of aliphatic hydroxyl groups is 1. The van der Waals surface area contributed by atoms with Gasteiger partial charge in [-0.3, -0.25) is 0 Å². The number of benzene rings is 2. The van der Waals surface area contributed by atoms with Crippen LogP contribution in [0.3, 0.4) is 0 Å². The number of hydrogen-bond donors (Lipinski definition) is 1. The Morgan fingerprint density at radius 2 is 1.25 bits per heavy atom. The second-order valence-corrected chi connectivity index (χ2v) is 7.60. The highest BCUT2D eigenvalue weighted by Crippen LogP contribution is 2.20. The lowest BCUT2D eigenvalue weighted by atomic mass is 10.2. The lowest BCUT2D eigenvalue weighted by molar-refractivity contribution is -0.140. The molecule has 9 nitrogen and oxygen atoms in total. The molecule has 0 aromatic heterocycles. The van der Waals surface area contributed by atoms with Gasteiger partial charge in [-0.2, -0.15) is 0 Å². The van der Waals surface area contributed by atoms with E-state index in [1.807, 2.05) is 0 Å². The Labute approximate surface area is 209 Å². The lowest BCUT2D eigenvalue weighted by Gasteiger charge is -2.09. The van der Waals surface area contributed by atoms with E-state index in [1.54, 1.807) is 55.5 Å². The number of aliphatic hydroxyl groups excluding tert-OH is 1. The summed E-state index contributed by atoms with van der Waals surface area (Å²) in [5.41, 5.74) is 0.702. The van der Waals surface area contributed by atoms with Crippen LogP contribution in [0.25, 0.3) is 0 Å². The maximum absolute atomic E-state index is 12.4. The standard InChI is InChI=1S/C27H30O9/c1-19(2)25(29)35-17-16-33-23-10-12-24(13-11-23)36-27(31)21-6-8-22(9-7-21)32-14-4-5-15-34-26(30)20(3)18-28/h6-13,28H,1,3-5,14-18H2,2H3. The van der Waals surface area contributed by atoms with Crippen LogP contribution in [0.4, 0.5) is 0 Å². The molecular formula is C27H30O9. The maximum atomic E-state index is 12.4. The molecule has 0 fully saturated rings. The Morgan fingerprint density at radius 3 is 1.86 bits per heavy atom. The third-order valence-electron chi connectivity index (χ3n) is 4.58. The van der Waals surface area contributed by atoms with Crippen LogP contribution in [0, 0.1) is 0 Å². The molecule has 36 heavy (non-hydrogen) atoms. The average Bonchev–Trinajstić information content (AvgIpc) is 2.88. The molecule has 2 aromatic carbocycles. The molecule has 0 unspecified atom stereocenters. The van der Waals surface area contributed by atoms with Crippen molar-refractivity contribution >= 4 is 17.9 Å². The monoisotopic (exact) mass is 498 g/mol. The normalized spacial score (nSPS) is 10.2. The van der Waals surface area contributed by atoms with Crippen LogP contribution in [-0.2, 0) is 19.1 Å². The molecule has 0 aliphatic heterocycles. The number of unbranched alkanes of at least 4 members (excludes halogenated alkanes) is 1. The highest BCUT2D eigenvalue weighted by molar-refractivity contribution is 5.91. The Bertz CT molecular complexity index is 1040. The molecule has 0 atom stereocenters. The molecule has 0 amide bonds. The summed E-state index contributed by atoms with van der Waals surface area (Å²) in [6.45, 7) is 8.93. The van der Waals surface area contributed by atoms with Gasteiger partial charge in [-0.15, -0.1) is 0 Å². The van der Waals surface area contributed by atoms with Crippen LogP contribution in [-0.4, -0.2) is 56.0 Å². The van der Waals surface area contributed by atoms with Crippen LogP contribution < -0.4 is 14.2 Å². The van der Waals surface area contributed by atoms with Gasteiger partial charge in [-0.1, -0.05) is 13.2 Å². The van der Waals surface area contributed by atoms with E-state index in [1.165, 1.54) is 0 Å². The first-order valence-electron chi connectivity index (χ1n) is 11.3. The fourth-order valence-corrected chi connectivity index (χ4v) is 2.60. The van der Waals surface area contributed by atoms with Gasteiger partial charge in [0.2, 0.25) is 0 Å². The molecule has 0 aliphatic carbocycles. The van der Waals surface area contributed by atoms with Crippen molar-refractivity contribution in [2.24, 2.45) is 0 Å². The van der Waals surface area contributed by atoms with E-state index in [0.717, 1.165) is 0 Å². The van der Waals surface area contributed by atoms with Crippen molar-refractivity contribution < 1.29 is 43.2 Å². The van der Waals surface area contributed by atoms with Crippen molar-refractivity contribution in [1.82, 2.24) is 0 Å². The van der Waals surface area contributed by atoms with E-state index in [9.17, 15) is 14.4 Å². The SMILES string of the molecule is C=C(C)C(=O)OCCOc1ccc(OC(=O)c2ccc(OCCCCOC(=O)C(=C)CO)cc2)cc1. The zero-order chi connectivity index (χ0) is 26.3. The van der Waals surface area contributed by atoms with E-state index in [2.05, 4.69) is 13.2 Å². The number of esters is 3. The summed E-state index contributed by atoms with van der Waals surface area (Å²) in [6.07, 6.45) is 1.25. The summed E-state index contributed by atoms with van der Waals surface area (Å²) in [6, 6.07) is 13.0. The molecule has 0 radical (unpaired) electrons. The largest absolute Gasteiger partial charge is 0.494 e. The second-order valence-electron chi connectivity index (χ2n) is 7.60. The Hall–Kier alpha value is -4.11. The first-order chi connectivity index (χ1) is 17.3. The van der Waals surface area contributed by atoms with Crippen molar-refractivity contribution in [3.8, 4) is 17.2 Å². The molecule has 2 rings (SSSR count). The minimum absolute atomic E-state index is 0.0200. The number of hydrogen-bond acceptors (Lipinski definition) is 9. The van der Waals surface area contributed by atoms with Gasteiger partial charge in [0.25, 0.3) is 0 Å². The van der Waals surface area contributed by atoms with Crippen LogP contribution in [0.2, 0.25) is 0 Å². The molecular weight excluding hydrogens is 468 g/mol. The zero-order valence-corrected chi connectivity index (χ0v) is 20.2. The van der Waals surface area contributed by atoms with Crippen molar-refractivity contribution in [2.45, 2.75) is 19.8 Å². The van der Waals surface area contributed by atoms with Crippen LogP contribution in [0.1, 0.15) is 30.1 Å². The highest BCUT2D eigenvalue weighted by Gasteiger charge is 2.10. The lowest BCUT2D eigenvalue weighted by Crippen LogP contribution is -2.12. The summed E-state index contributed by atoms with van der Waals surface area (Å²) in [4.78, 5) is 35.0. The van der Waals surface area contributed by atoms with Gasteiger partial charge in [0.15, 0.2) is 0 Å².